The number of esters is 3. The van der Waals surface area contributed by atoms with Gasteiger partial charge in [-0.15, -0.1) is 0 Å². The lowest BCUT2D eigenvalue weighted by atomic mass is 10.0. The smallest absolute Gasteiger partial charge is 0.306 e. The molecule has 0 aliphatic carbocycles. The fourth-order valence-corrected chi connectivity index (χ4v) is 5.57. The van der Waals surface area contributed by atoms with E-state index in [1.54, 1.807) is 0 Å². The first-order chi connectivity index (χ1) is 21.9. The first-order valence-electron chi connectivity index (χ1n) is 19.4. The third kappa shape index (κ3) is 33.6. The van der Waals surface area contributed by atoms with Gasteiger partial charge in [-0.3, -0.25) is 14.4 Å². The van der Waals surface area contributed by atoms with Crippen molar-refractivity contribution in [3.8, 4) is 0 Å². The maximum absolute atomic E-state index is 12.6. The largest absolute Gasteiger partial charge is 0.462 e. The molecule has 0 aromatic heterocycles. The van der Waals surface area contributed by atoms with Gasteiger partial charge in [0.15, 0.2) is 6.10 Å². The van der Waals surface area contributed by atoms with Crippen LogP contribution in [0, 0.1) is 5.92 Å². The van der Waals surface area contributed by atoms with Crippen LogP contribution in [0.3, 0.4) is 0 Å². The lowest BCUT2D eigenvalue weighted by Crippen LogP contribution is -2.30. The van der Waals surface area contributed by atoms with Gasteiger partial charge in [0.2, 0.25) is 0 Å². The van der Waals surface area contributed by atoms with E-state index >= 15 is 0 Å². The highest BCUT2D eigenvalue weighted by atomic mass is 16.6. The Labute approximate surface area is 278 Å². The van der Waals surface area contributed by atoms with Crippen LogP contribution in [0.5, 0.6) is 0 Å². The van der Waals surface area contributed by atoms with E-state index in [4.69, 9.17) is 14.2 Å². The molecule has 0 rings (SSSR count). The van der Waals surface area contributed by atoms with Gasteiger partial charge in [-0.05, 0) is 25.2 Å². The number of rotatable bonds is 34. The monoisotopic (exact) mass is 639 g/mol. The number of ether oxygens (including phenoxy) is 3. The lowest BCUT2D eigenvalue weighted by molar-refractivity contribution is -0.167. The maximum atomic E-state index is 12.6. The van der Waals surface area contributed by atoms with E-state index in [1.165, 1.54) is 96.3 Å². The second kappa shape index (κ2) is 33.8. The van der Waals surface area contributed by atoms with Crippen LogP contribution in [0.1, 0.15) is 207 Å². The Kier molecular flexibility index (Phi) is 32.6. The van der Waals surface area contributed by atoms with Crippen molar-refractivity contribution in [3.63, 3.8) is 0 Å². The molecule has 0 aliphatic rings. The van der Waals surface area contributed by atoms with Crippen molar-refractivity contribution in [2.24, 2.45) is 5.92 Å². The highest BCUT2D eigenvalue weighted by Crippen LogP contribution is 2.15. The molecule has 0 radical (unpaired) electrons. The molecule has 0 saturated carbocycles. The molecule has 45 heavy (non-hydrogen) atoms. The topological polar surface area (TPSA) is 78.9 Å². The minimum atomic E-state index is -0.756. The van der Waals surface area contributed by atoms with Gasteiger partial charge in [-0.25, -0.2) is 0 Å². The quantitative estimate of drug-likeness (QED) is 0.0396. The van der Waals surface area contributed by atoms with Crippen molar-refractivity contribution in [1.29, 1.82) is 0 Å². The standard InChI is InChI=1S/C39H74O6/c1-5-7-9-11-12-13-14-15-16-17-18-24-28-32-39(42)45-36(33-43-37(40)30-26-21-10-8-6-2)34-44-38(41)31-27-23-20-19-22-25-29-35(3)4/h35-36H,5-34H2,1-4H3/t36-/m0/s1. The zero-order valence-corrected chi connectivity index (χ0v) is 30.3. The van der Waals surface area contributed by atoms with E-state index in [-0.39, 0.29) is 31.1 Å². The van der Waals surface area contributed by atoms with Gasteiger partial charge in [0, 0.05) is 19.3 Å². The Morgan fingerprint density at radius 3 is 1.09 bits per heavy atom. The molecule has 0 amide bonds. The van der Waals surface area contributed by atoms with Gasteiger partial charge in [0.25, 0.3) is 0 Å². The van der Waals surface area contributed by atoms with Crippen LogP contribution in [-0.2, 0) is 28.6 Å². The SMILES string of the molecule is CCCCCCCCCCCCCCCC(=O)O[C@@H](COC(=O)CCCCCCC)COC(=O)CCCCCCCCC(C)C. The fourth-order valence-electron chi connectivity index (χ4n) is 5.57. The van der Waals surface area contributed by atoms with Gasteiger partial charge in [0.1, 0.15) is 13.2 Å². The van der Waals surface area contributed by atoms with Crippen molar-refractivity contribution < 1.29 is 28.6 Å². The summed E-state index contributed by atoms with van der Waals surface area (Å²) in [7, 11) is 0. The van der Waals surface area contributed by atoms with Crippen LogP contribution >= 0.6 is 0 Å². The Morgan fingerprint density at radius 2 is 0.733 bits per heavy atom. The third-order valence-corrected chi connectivity index (χ3v) is 8.54. The van der Waals surface area contributed by atoms with Crippen LogP contribution in [0.15, 0.2) is 0 Å². The van der Waals surface area contributed by atoms with E-state index < -0.39 is 6.10 Å². The Balaban J connectivity index is 4.26. The summed E-state index contributed by atoms with van der Waals surface area (Å²) in [5.41, 5.74) is 0. The summed E-state index contributed by atoms with van der Waals surface area (Å²) in [6.45, 7) is 8.81. The van der Waals surface area contributed by atoms with Gasteiger partial charge in [-0.2, -0.15) is 0 Å². The zero-order valence-electron chi connectivity index (χ0n) is 30.3. The molecule has 266 valence electrons. The first kappa shape index (κ1) is 43.4. The highest BCUT2D eigenvalue weighted by Gasteiger charge is 2.19. The average molecular weight is 639 g/mol. The molecule has 0 N–H and O–H groups in total. The molecule has 0 spiro atoms. The summed E-state index contributed by atoms with van der Waals surface area (Å²) in [4.78, 5) is 37.2. The summed E-state index contributed by atoms with van der Waals surface area (Å²) >= 11 is 0. The number of carbonyl (C=O) groups excluding carboxylic acids is 3. The number of unbranched alkanes of at least 4 members (excludes halogenated alkanes) is 21. The van der Waals surface area contributed by atoms with Crippen molar-refractivity contribution >= 4 is 17.9 Å². The van der Waals surface area contributed by atoms with E-state index in [0.717, 1.165) is 70.1 Å². The van der Waals surface area contributed by atoms with E-state index in [9.17, 15) is 14.4 Å². The number of carbonyl (C=O) groups is 3. The van der Waals surface area contributed by atoms with Crippen LogP contribution in [0.25, 0.3) is 0 Å². The molecule has 0 bridgehead atoms. The van der Waals surface area contributed by atoms with Crippen molar-refractivity contribution in [2.45, 2.75) is 214 Å². The molecular formula is C39H74O6. The molecule has 6 heteroatoms. The molecule has 0 fully saturated rings. The second-order valence-corrected chi connectivity index (χ2v) is 13.7. The van der Waals surface area contributed by atoms with Crippen molar-refractivity contribution in [2.75, 3.05) is 13.2 Å². The number of hydrogen-bond donors (Lipinski definition) is 0. The minimum Gasteiger partial charge on any atom is -0.462 e. The van der Waals surface area contributed by atoms with Gasteiger partial charge in [0.05, 0.1) is 0 Å². The summed E-state index contributed by atoms with van der Waals surface area (Å²) in [6, 6.07) is 0. The highest BCUT2D eigenvalue weighted by molar-refractivity contribution is 5.71. The Morgan fingerprint density at radius 1 is 0.422 bits per heavy atom. The molecule has 0 aromatic carbocycles. The van der Waals surface area contributed by atoms with E-state index in [0.29, 0.717) is 19.3 Å². The number of hydrogen-bond acceptors (Lipinski definition) is 6. The predicted molar refractivity (Wildman–Crippen MR) is 187 cm³/mol. The normalized spacial score (nSPS) is 11.9. The third-order valence-electron chi connectivity index (χ3n) is 8.54. The van der Waals surface area contributed by atoms with Crippen LogP contribution in [0.4, 0.5) is 0 Å². The summed E-state index contributed by atoms with van der Waals surface area (Å²) in [6.07, 6.45) is 29.8. The lowest BCUT2D eigenvalue weighted by Gasteiger charge is -2.18. The summed E-state index contributed by atoms with van der Waals surface area (Å²) in [5.74, 6) is -0.119. The van der Waals surface area contributed by atoms with Crippen molar-refractivity contribution in [3.05, 3.63) is 0 Å². The molecule has 1 atom stereocenters. The fraction of sp³-hybridized carbons (Fsp3) is 0.923. The van der Waals surface area contributed by atoms with E-state index in [2.05, 4.69) is 27.7 Å². The average Bonchev–Trinajstić information content (AvgIpc) is 3.01. The Bertz CT molecular complexity index is 676. The van der Waals surface area contributed by atoms with Gasteiger partial charge < -0.3 is 14.2 Å². The molecule has 0 heterocycles. The summed E-state index contributed by atoms with van der Waals surface area (Å²) in [5, 5.41) is 0. The zero-order chi connectivity index (χ0) is 33.2. The predicted octanol–water partition coefficient (Wildman–Crippen LogP) is 11.6. The first-order valence-corrected chi connectivity index (χ1v) is 19.4. The maximum Gasteiger partial charge on any atom is 0.306 e. The minimum absolute atomic E-state index is 0.0673. The van der Waals surface area contributed by atoms with Crippen LogP contribution < -0.4 is 0 Å². The summed E-state index contributed by atoms with van der Waals surface area (Å²) < 4.78 is 16.5. The van der Waals surface area contributed by atoms with Crippen LogP contribution in [0.2, 0.25) is 0 Å². The molecule has 0 aromatic rings. The molecule has 0 unspecified atom stereocenters. The molecule has 0 saturated heterocycles. The van der Waals surface area contributed by atoms with Gasteiger partial charge in [-0.1, -0.05) is 169 Å². The van der Waals surface area contributed by atoms with Crippen LogP contribution in [-0.4, -0.2) is 37.2 Å². The Hall–Kier alpha value is -1.59. The molecule has 0 aliphatic heterocycles. The molecular weight excluding hydrogens is 564 g/mol. The molecule has 6 nitrogen and oxygen atoms in total. The van der Waals surface area contributed by atoms with Gasteiger partial charge >= 0.3 is 17.9 Å². The van der Waals surface area contributed by atoms with E-state index in [1.807, 2.05) is 0 Å². The van der Waals surface area contributed by atoms with Crippen molar-refractivity contribution in [1.82, 2.24) is 0 Å². The second-order valence-electron chi connectivity index (χ2n) is 13.7.